The number of ether oxygens (including phenoxy) is 2. The van der Waals surface area contributed by atoms with Gasteiger partial charge in [-0.25, -0.2) is 9.29 Å². The molecule has 1 heterocycles. The highest BCUT2D eigenvalue weighted by Gasteiger charge is 2.41. The largest absolute Gasteiger partial charge is 0.497 e. The van der Waals surface area contributed by atoms with Crippen LogP contribution in [-0.2, 0) is 9.59 Å². The first kappa shape index (κ1) is 20.2. The van der Waals surface area contributed by atoms with E-state index in [2.05, 4.69) is 5.32 Å². The molecule has 31 heavy (non-hydrogen) atoms. The lowest BCUT2D eigenvalue weighted by Crippen LogP contribution is -2.32. The van der Waals surface area contributed by atoms with Crippen LogP contribution < -0.4 is 19.7 Å². The SMILES string of the molecule is COc1cccc(N2C(=O)C(Nc3cccc(F)c3)=C(c3ccccc3OC)C2=O)c1. The van der Waals surface area contributed by atoms with Crippen LogP contribution in [0.5, 0.6) is 11.5 Å². The fourth-order valence-electron chi connectivity index (χ4n) is 3.44. The Labute approximate surface area is 178 Å². The third kappa shape index (κ3) is 3.73. The molecule has 0 unspecified atom stereocenters. The minimum atomic E-state index is -0.566. The zero-order valence-corrected chi connectivity index (χ0v) is 16.9. The molecule has 1 N–H and O–H groups in total. The molecule has 4 rings (SSSR count). The Morgan fingerprint density at radius 2 is 1.61 bits per heavy atom. The van der Waals surface area contributed by atoms with Crippen LogP contribution in [0.25, 0.3) is 5.57 Å². The van der Waals surface area contributed by atoms with E-state index in [1.165, 1.54) is 32.4 Å². The summed E-state index contributed by atoms with van der Waals surface area (Å²) in [5, 5.41) is 2.93. The van der Waals surface area contributed by atoms with Gasteiger partial charge < -0.3 is 14.8 Å². The van der Waals surface area contributed by atoms with Crippen LogP contribution in [0.3, 0.4) is 0 Å². The number of benzene rings is 3. The molecule has 3 aromatic carbocycles. The molecule has 0 atom stereocenters. The average molecular weight is 418 g/mol. The van der Waals surface area contributed by atoms with Crippen LogP contribution in [0.1, 0.15) is 5.56 Å². The molecule has 1 aliphatic rings. The Bertz CT molecular complexity index is 1210. The van der Waals surface area contributed by atoms with Crippen molar-refractivity contribution in [2.24, 2.45) is 0 Å². The second kappa shape index (κ2) is 8.31. The van der Waals surface area contributed by atoms with Gasteiger partial charge in [0.2, 0.25) is 0 Å². The van der Waals surface area contributed by atoms with Gasteiger partial charge >= 0.3 is 0 Å². The zero-order valence-electron chi connectivity index (χ0n) is 16.9. The average Bonchev–Trinajstić information content (AvgIpc) is 3.03. The molecule has 3 aromatic rings. The summed E-state index contributed by atoms with van der Waals surface area (Å²) in [5.41, 5.74) is 1.32. The van der Waals surface area contributed by atoms with Gasteiger partial charge in [-0.1, -0.05) is 30.3 Å². The second-order valence-electron chi connectivity index (χ2n) is 6.73. The molecule has 6 nitrogen and oxygen atoms in total. The van der Waals surface area contributed by atoms with E-state index in [9.17, 15) is 14.0 Å². The number of nitrogens with zero attached hydrogens (tertiary/aromatic N) is 1. The number of para-hydroxylation sites is 1. The maximum absolute atomic E-state index is 13.7. The first-order chi connectivity index (χ1) is 15.0. The second-order valence-corrected chi connectivity index (χ2v) is 6.73. The highest BCUT2D eigenvalue weighted by Crippen LogP contribution is 2.38. The van der Waals surface area contributed by atoms with E-state index in [-0.39, 0.29) is 11.3 Å². The summed E-state index contributed by atoms with van der Waals surface area (Å²) in [4.78, 5) is 27.9. The molecular weight excluding hydrogens is 399 g/mol. The standard InChI is InChI=1S/C24H19FN2O4/c1-30-18-10-6-9-17(14-18)27-23(28)21(19-11-3-4-12-20(19)31-2)22(24(27)29)26-16-8-5-7-15(25)13-16/h3-14,26H,1-2H3. The summed E-state index contributed by atoms with van der Waals surface area (Å²) < 4.78 is 24.4. The fourth-order valence-corrected chi connectivity index (χ4v) is 3.44. The molecule has 0 radical (unpaired) electrons. The van der Waals surface area contributed by atoms with Gasteiger partial charge in [0.15, 0.2) is 0 Å². The molecule has 0 fully saturated rings. The van der Waals surface area contributed by atoms with Crippen LogP contribution in [-0.4, -0.2) is 26.0 Å². The number of hydrogen-bond acceptors (Lipinski definition) is 5. The molecule has 0 bridgehead atoms. The van der Waals surface area contributed by atoms with E-state index in [1.807, 2.05) is 0 Å². The third-order valence-electron chi connectivity index (χ3n) is 4.87. The zero-order chi connectivity index (χ0) is 22.0. The first-order valence-corrected chi connectivity index (χ1v) is 9.46. The van der Waals surface area contributed by atoms with E-state index in [4.69, 9.17) is 9.47 Å². The number of hydrogen-bond donors (Lipinski definition) is 1. The Balaban J connectivity index is 1.86. The quantitative estimate of drug-likeness (QED) is 0.607. The number of carbonyl (C=O) groups is 2. The van der Waals surface area contributed by atoms with Crippen molar-refractivity contribution < 1.29 is 23.5 Å². The number of methoxy groups -OCH3 is 2. The van der Waals surface area contributed by atoms with Gasteiger partial charge in [-0.2, -0.15) is 0 Å². The van der Waals surface area contributed by atoms with Crippen molar-refractivity contribution in [3.63, 3.8) is 0 Å². The van der Waals surface area contributed by atoms with Crippen molar-refractivity contribution in [2.45, 2.75) is 0 Å². The van der Waals surface area contributed by atoms with Gasteiger partial charge in [0.25, 0.3) is 11.8 Å². The van der Waals surface area contributed by atoms with E-state index in [0.717, 1.165) is 4.90 Å². The normalized spacial score (nSPS) is 13.6. The Morgan fingerprint density at radius 1 is 0.839 bits per heavy atom. The number of halogens is 1. The molecule has 7 heteroatoms. The van der Waals surface area contributed by atoms with Crippen molar-refractivity contribution >= 4 is 28.8 Å². The number of imide groups is 1. The molecule has 0 aliphatic carbocycles. The lowest BCUT2D eigenvalue weighted by atomic mass is 10.0. The van der Waals surface area contributed by atoms with Crippen molar-refractivity contribution in [2.75, 3.05) is 24.4 Å². The summed E-state index contributed by atoms with van der Waals surface area (Å²) in [6, 6.07) is 19.2. The van der Waals surface area contributed by atoms with Gasteiger partial charge in [-0.15, -0.1) is 0 Å². The van der Waals surface area contributed by atoms with Crippen LogP contribution in [0.15, 0.2) is 78.5 Å². The smallest absolute Gasteiger partial charge is 0.282 e. The summed E-state index contributed by atoms with van der Waals surface area (Å²) in [6.45, 7) is 0. The highest BCUT2D eigenvalue weighted by atomic mass is 19.1. The van der Waals surface area contributed by atoms with Gasteiger partial charge in [-0.05, 0) is 36.4 Å². The lowest BCUT2D eigenvalue weighted by molar-refractivity contribution is -0.120. The number of amides is 2. The van der Waals surface area contributed by atoms with E-state index >= 15 is 0 Å². The summed E-state index contributed by atoms with van der Waals surface area (Å²) in [6.07, 6.45) is 0. The van der Waals surface area contributed by atoms with Crippen molar-refractivity contribution in [3.8, 4) is 11.5 Å². The van der Waals surface area contributed by atoms with Gasteiger partial charge in [0.1, 0.15) is 23.0 Å². The minimum absolute atomic E-state index is 0.0305. The Morgan fingerprint density at radius 3 is 2.35 bits per heavy atom. The van der Waals surface area contributed by atoms with Crippen LogP contribution in [0.2, 0.25) is 0 Å². The number of rotatable bonds is 6. The van der Waals surface area contributed by atoms with Gasteiger partial charge in [0, 0.05) is 17.3 Å². The first-order valence-electron chi connectivity index (χ1n) is 9.46. The molecule has 0 saturated heterocycles. The monoisotopic (exact) mass is 418 g/mol. The van der Waals surface area contributed by atoms with Crippen LogP contribution in [0, 0.1) is 5.82 Å². The van der Waals surface area contributed by atoms with E-state index < -0.39 is 17.6 Å². The van der Waals surface area contributed by atoms with Gasteiger partial charge in [-0.3, -0.25) is 9.59 Å². The number of carbonyl (C=O) groups excluding carboxylic acids is 2. The predicted octanol–water partition coefficient (Wildman–Crippen LogP) is 4.24. The van der Waals surface area contributed by atoms with Crippen molar-refractivity contribution in [3.05, 3.63) is 89.9 Å². The highest BCUT2D eigenvalue weighted by molar-refractivity contribution is 6.46. The summed E-state index contributed by atoms with van der Waals surface area (Å²) >= 11 is 0. The Kier molecular flexibility index (Phi) is 5.41. The summed E-state index contributed by atoms with van der Waals surface area (Å²) in [5.74, 6) is -0.621. The Hall–Kier alpha value is -4.13. The van der Waals surface area contributed by atoms with E-state index in [1.54, 1.807) is 54.6 Å². The predicted molar refractivity (Wildman–Crippen MR) is 115 cm³/mol. The maximum Gasteiger partial charge on any atom is 0.282 e. The molecule has 0 saturated carbocycles. The van der Waals surface area contributed by atoms with Gasteiger partial charge in [0.05, 0.1) is 25.5 Å². The maximum atomic E-state index is 13.7. The molecule has 0 aromatic heterocycles. The molecule has 156 valence electrons. The van der Waals surface area contributed by atoms with Crippen LogP contribution in [0.4, 0.5) is 15.8 Å². The van der Waals surface area contributed by atoms with Crippen molar-refractivity contribution in [1.29, 1.82) is 0 Å². The van der Waals surface area contributed by atoms with E-state index in [0.29, 0.717) is 28.4 Å². The number of nitrogens with one attached hydrogen (secondary N) is 1. The molecule has 2 amide bonds. The molecule has 1 aliphatic heterocycles. The molecular formula is C24H19FN2O4. The number of anilines is 2. The van der Waals surface area contributed by atoms with Crippen molar-refractivity contribution in [1.82, 2.24) is 0 Å². The fraction of sp³-hybridized carbons (Fsp3) is 0.0833. The topological polar surface area (TPSA) is 67.9 Å². The summed E-state index contributed by atoms with van der Waals surface area (Å²) in [7, 11) is 2.99. The minimum Gasteiger partial charge on any atom is -0.497 e. The lowest BCUT2D eigenvalue weighted by Gasteiger charge is -2.16. The molecule has 0 spiro atoms. The third-order valence-corrected chi connectivity index (χ3v) is 4.87. The van der Waals surface area contributed by atoms with Crippen LogP contribution >= 0.6 is 0 Å².